The van der Waals surface area contributed by atoms with Crippen LogP contribution >= 0.6 is 0 Å². The highest BCUT2D eigenvalue weighted by Crippen LogP contribution is 2.24. The molecule has 1 saturated heterocycles. The van der Waals surface area contributed by atoms with Gasteiger partial charge in [0.25, 0.3) is 0 Å². The first-order valence-electron chi connectivity index (χ1n) is 7.26. The first-order chi connectivity index (χ1) is 9.61. The second-order valence-electron chi connectivity index (χ2n) is 5.52. The molecule has 0 saturated carbocycles. The van der Waals surface area contributed by atoms with Crippen molar-refractivity contribution in [1.82, 2.24) is 10.2 Å². The van der Waals surface area contributed by atoms with Crippen molar-refractivity contribution in [2.75, 3.05) is 26.7 Å². The molecule has 4 nitrogen and oxygen atoms in total. The van der Waals surface area contributed by atoms with E-state index in [1.54, 1.807) is 7.11 Å². The third-order valence-electron chi connectivity index (χ3n) is 3.97. The largest absolute Gasteiger partial charge is 0.497 e. The third-order valence-corrected chi connectivity index (χ3v) is 3.97. The van der Waals surface area contributed by atoms with E-state index >= 15 is 0 Å². The van der Waals surface area contributed by atoms with Gasteiger partial charge in [-0.1, -0.05) is 19.1 Å². The fraction of sp³-hybridized carbons (Fsp3) is 0.562. The van der Waals surface area contributed by atoms with Crippen LogP contribution in [0, 0.1) is 0 Å². The summed E-state index contributed by atoms with van der Waals surface area (Å²) in [6, 6.07) is 8.26. The third kappa shape index (κ3) is 3.51. The number of nitrogens with one attached hydrogen (secondary N) is 1. The SMILES string of the molecule is COc1cccc([C@H](C)CC(=O)N2CCNC[C@@H]2C)c1. The molecule has 1 aliphatic heterocycles. The van der Waals surface area contributed by atoms with Crippen molar-refractivity contribution in [1.29, 1.82) is 0 Å². The summed E-state index contributed by atoms with van der Waals surface area (Å²) in [5, 5.41) is 3.31. The minimum absolute atomic E-state index is 0.208. The maximum Gasteiger partial charge on any atom is 0.223 e. The second kappa shape index (κ2) is 6.75. The zero-order chi connectivity index (χ0) is 14.5. The molecule has 2 atom stereocenters. The molecule has 0 unspecified atom stereocenters. The van der Waals surface area contributed by atoms with Crippen LogP contribution in [0.25, 0.3) is 0 Å². The molecule has 110 valence electrons. The molecule has 1 aromatic carbocycles. The van der Waals surface area contributed by atoms with Crippen LogP contribution in [-0.4, -0.2) is 43.6 Å². The van der Waals surface area contributed by atoms with Gasteiger partial charge in [0.05, 0.1) is 7.11 Å². The first-order valence-corrected chi connectivity index (χ1v) is 7.26. The Bertz CT molecular complexity index is 462. The van der Waals surface area contributed by atoms with Gasteiger partial charge in [0.1, 0.15) is 5.75 Å². The van der Waals surface area contributed by atoms with E-state index in [0.717, 1.165) is 30.9 Å². The monoisotopic (exact) mass is 276 g/mol. The average molecular weight is 276 g/mol. The lowest BCUT2D eigenvalue weighted by atomic mass is 9.96. The fourth-order valence-corrected chi connectivity index (χ4v) is 2.66. The van der Waals surface area contributed by atoms with Gasteiger partial charge in [0.15, 0.2) is 0 Å². The van der Waals surface area contributed by atoms with Crippen LogP contribution in [0.2, 0.25) is 0 Å². The summed E-state index contributed by atoms with van der Waals surface area (Å²) >= 11 is 0. The first kappa shape index (κ1) is 14.9. The molecule has 4 heteroatoms. The van der Waals surface area contributed by atoms with E-state index in [-0.39, 0.29) is 17.9 Å². The van der Waals surface area contributed by atoms with E-state index in [4.69, 9.17) is 4.74 Å². The maximum absolute atomic E-state index is 12.4. The molecule has 20 heavy (non-hydrogen) atoms. The van der Waals surface area contributed by atoms with Crippen LogP contribution in [0.5, 0.6) is 5.75 Å². The summed E-state index contributed by atoms with van der Waals surface area (Å²) < 4.78 is 5.24. The van der Waals surface area contributed by atoms with Gasteiger partial charge in [-0.2, -0.15) is 0 Å². The zero-order valence-corrected chi connectivity index (χ0v) is 12.6. The second-order valence-corrected chi connectivity index (χ2v) is 5.52. The van der Waals surface area contributed by atoms with Gasteiger partial charge in [-0.15, -0.1) is 0 Å². The van der Waals surface area contributed by atoms with Crippen LogP contribution in [0.15, 0.2) is 24.3 Å². The van der Waals surface area contributed by atoms with Crippen molar-refractivity contribution in [3.05, 3.63) is 29.8 Å². The number of piperazine rings is 1. The molecule has 0 aliphatic carbocycles. The Kier molecular flexibility index (Phi) is 5.01. The molecule has 1 aliphatic rings. The molecule has 1 heterocycles. The number of hydrogen-bond acceptors (Lipinski definition) is 3. The highest BCUT2D eigenvalue weighted by atomic mass is 16.5. The topological polar surface area (TPSA) is 41.6 Å². The summed E-state index contributed by atoms with van der Waals surface area (Å²) in [6.45, 7) is 6.79. The number of rotatable bonds is 4. The van der Waals surface area contributed by atoms with Gasteiger partial charge in [-0.25, -0.2) is 0 Å². The number of benzene rings is 1. The molecule has 1 amide bonds. The lowest BCUT2D eigenvalue weighted by molar-refractivity contribution is -0.134. The molecule has 1 aromatic rings. The minimum Gasteiger partial charge on any atom is -0.497 e. The molecule has 0 aromatic heterocycles. The van der Waals surface area contributed by atoms with Gasteiger partial charge >= 0.3 is 0 Å². The molecule has 1 N–H and O–H groups in total. The number of amides is 1. The summed E-state index contributed by atoms with van der Waals surface area (Å²) in [5.74, 6) is 1.30. The summed E-state index contributed by atoms with van der Waals surface area (Å²) in [4.78, 5) is 14.4. The Balaban J connectivity index is 1.99. The standard InChI is InChI=1S/C16H24N2O2/c1-12(14-5-4-6-15(10-14)20-3)9-16(19)18-8-7-17-11-13(18)2/h4-6,10,12-13,17H,7-9,11H2,1-3H3/t12-,13+/m1/s1. The Morgan fingerprint density at radius 1 is 1.55 bits per heavy atom. The molecule has 0 spiro atoms. The van der Waals surface area contributed by atoms with E-state index in [1.165, 1.54) is 0 Å². The Labute approximate surface area is 121 Å². The van der Waals surface area contributed by atoms with Crippen molar-refractivity contribution in [3.63, 3.8) is 0 Å². The average Bonchev–Trinajstić information content (AvgIpc) is 2.47. The molecular weight excluding hydrogens is 252 g/mol. The summed E-state index contributed by atoms with van der Waals surface area (Å²) in [5.41, 5.74) is 1.15. The van der Waals surface area contributed by atoms with Crippen LogP contribution < -0.4 is 10.1 Å². The highest BCUT2D eigenvalue weighted by molar-refractivity contribution is 5.77. The van der Waals surface area contributed by atoms with E-state index in [9.17, 15) is 4.79 Å². The van der Waals surface area contributed by atoms with Crippen molar-refractivity contribution in [2.24, 2.45) is 0 Å². The lowest BCUT2D eigenvalue weighted by Gasteiger charge is -2.34. The van der Waals surface area contributed by atoms with Gasteiger partial charge < -0.3 is 15.0 Å². The number of carbonyl (C=O) groups excluding carboxylic acids is 1. The molecular formula is C16H24N2O2. The molecule has 2 rings (SSSR count). The summed E-state index contributed by atoms with van der Waals surface area (Å²) in [6.07, 6.45) is 0.553. The molecule has 0 radical (unpaired) electrons. The van der Waals surface area contributed by atoms with Gasteiger partial charge in [0.2, 0.25) is 5.91 Å². The van der Waals surface area contributed by atoms with E-state index in [0.29, 0.717) is 6.42 Å². The van der Waals surface area contributed by atoms with Crippen molar-refractivity contribution >= 4 is 5.91 Å². The number of methoxy groups -OCH3 is 1. The highest BCUT2D eigenvalue weighted by Gasteiger charge is 2.24. The fourth-order valence-electron chi connectivity index (χ4n) is 2.66. The Hall–Kier alpha value is -1.55. The Morgan fingerprint density at radius 2 is 2.35 bits per heavy atom. The van der Waals surface area contributed by atoms with E-state index in [2.05, 4.69) is 25.2 Å². The van der Waals surface area contributed by atoms with Gasteiger partial charge in [0, 0.05) is 32.1 Å². The van der Waals surface area contributed by atoms with Crippen molar-refractivity contribution < 1.29 is 9.53 Å². The summed E-state index contributed by atoms with van der Waals surface area (Å²) in [7, 11) is 1.66. The van der Waals surface area contributed by atoms with Crippen LogP contribution in [0.3, 0.4) is 0 Å². The zero-order valence-electron chi connectivity index (χ0n) is 12.6. The predicted molar refractivity (Wildman–Crippen MR) is 80.1 cm³/mol. The predicted octanol–water partition coefficient (Wildman–Crippen LogP) is 2.01. The van der Waals surface area contributed by atoms with Crippen LogP contribution in [0.1, 0.15) is 31.7 Å². The number of ether oxygens (including phenoxy) is 1. The minimum atomic E-state index is 0.208. The number of hydrogen-bond donors (Lipinski definition) is 1. The van der Waals surface area contributed by atoms with E-state index < -0.39 is 0 Å². The smallest absolute Gasteiger partial charge is 0.223 e. The molecule has 1 fully saturated rings. The lowest BCUT2D eigenvalue weighted by Crippen LogP contribution is -2.52. The van der Waals surface area contributed by atoms with Crippen molar-refractivity contribution in [3.8, 4) is 5.75 Å². The van der Waals surface area contributed by atoms with Crippen LogP contribution in [0.4, 0.5) is 0 Å². The number of carbonyl (C=O) groups is 1. The number of nitrogens with zero attached hydrogens (tertiary/aromatic N) is 1. The molecule has 0 bridgehead atoms. The van der Waals surface area contributed by atoms with E-state index in [1.807, 2.05) is 23.1 Å². The quantitative estimate of drug-likeness (QED) is 0.914. The Morgan fingerprint density at radius 3 is 3.05 bits per heavy atom. The van der Waals surface area contributed by atoms with Crippen molar-refractivity contribution in [2.45, 2.75) is 32.2 Å². The van der Waals surface area contributed by atoms with Gasteiger partial charge in [-0.3, -0.25) is 4.79 Å². The van der Waals surface area contributed by atoms with Gasteiger partial charge in [-0.05, 0) is 30.5 Å². The van der Waals surface area contributed by atoms with Crippen LogP contribution in [-0.2, 0) is 4.79 Å². The maximum atomic E-state index is 12.4. The normalized spacial score (nSPS) is 20.6.